The van der Waals surface area contributed by atoms with Gasteiger partial charge in [-0.05, 0) is 18.9 Å². The molecule has 3 aromatic rings. The fraction of sp³-hybridized carbons (Fsp3) is 0.304. The van der Waals surface area contributed by atoms with E-state index in [1.165, 1.54) is 5.56 Å². The van der Waals surface area contributed by atoms with E-state index in [0.717, 1.165) is 23.4 Å². The van der Waals surface area contributed by atoms with Gasteiger partial charge in [0.15, 0.2) is 11.7 Å². The maximum Gasteiger partial charge on any atom is 0.223 e. The normalized spacial score (nSPS) is 10.1. The Bertz CT molecular complexity index is 886. The SMILES string of the molecule is Cc1nc(CCC(=O)N(CCN)CCc2ccccc2)oc1-c1ccccc1.Cl.Cl. The standard InChI is InChI=1S/C23H27N3O2.2ClH/c1-18-23(20-10-6-3-7-11-20)28-21(25-18)12-13-22(27)26(17-15-24)16-14-19-8-4-2-5-9-19;;/h2-11H,12-17,24H2,1H3;2*1H. The highest BCUT2D eigenvalue weighted by Gasteiger charge is 2.16. The lowest BCUT2D eigenvalue weighted by Crippen LogP contribution is -2.37. The van der Waals surface area contributed by atoms with Gasteiger partial charge >= 0.3 is 0 Å². The van der Waals surface area contributed by atoms with Crippen LogP contribution in [-0.4, -0.2) is 35.4 Å². The maximum absolute atomic E-state index is 12.7. The molecule has 2 N–H and O–H groups in total. The number of aromatic nitrogens is 1. The van der Waals surface area contributed by atoms with E-state index >= 15 is 0 Å². The molecule has 0 fully saturated rings. The summed E-state index contributed by atoms with van der Waals surface area (Å²) >= 11 is 0. The van der Waals surface area contributed by atoms with Crippen molar-refractivity contribution in [3.63, 3.8) is 0 Å². The third kappa shape index (κ3) is 7.17. The fourth-order valence-electron chi connectivity index (χ4n) is 3.21. The van der Waals surface area contributed by atoms with Crippen LogP contribution in [0.3, 0.4) is 0 Å². The average Bonchev–Trinajstić information content (AvgIpc) is 3.11. The lowest BCUT2D eigenvalue weighted by atomic mass is 10.1. The minimum Gasteiger partial charge on any atom is -0.440 e. The molecule has 0 spiro atoms. The van der Waals surface area contributed by atoms with E-state index in [0.29, 0.717) is 38.4 Å². The van der Waals surface area contributed by atoms with Gasteiger partial charge in [-0.1, -0.05) is 60.7 Å². The van der Waals surface area contributed by atoms with Gasteiger partial charge < -0.3 is 15.1 Å². The van der Waals surface area contributed by atoms with Crippen molar-refractivity contribution in [2.75, 3.05) is 19.6 Å². The molecule has 0 saturated heterocycles. The molecule has 7 heteroatoms. The number of nitrogens with zero attached hydrogens (tertiary/aromatic N) is 2. The monoisotopic (exact) mass is 449 g/mol. The van der Waals surface area contributed by atoms with Crippen molar-refractivity contribution in [2.45, 2.75) is 26.2 Å². The molecule has 0 saturated carbocycles. The lowest BCUT2D eigenvalue weighted by Gasteiger charge is -2.22. The predicted molar refractivity (Wildman–Crippen MR) is 125 cm³/mol. The van der Waals surface area contributed by atoms with Crippen LogP contribution in [0, 0.1) is 6.92 Å². The van der Waals surface area contributed by atoms with E-state index in [-0.39, 0.29) is 30.7 Å². The number of oxazole rings is 1. The summed E-state index contributed by atoms with van der Waals surface area (Å²) in [6.07, 6.45) is 1.67. The number of nitrogens with two attached hydrogens (primary N) is 1. The summed E-state index contributed by atoms with van der Waals surface area (Å²) < 4.78 is 5.91. The molecule has 30 heavy (non-hydrogen) atoms. The third-order valence-electron chi connectivity index (χ3n) is 4.69. The highest BCUT2D eigenvalue weighted by Crippen LogP contribution is 2.24. The summed E-state index contributed by atoms with van der Waals surface area (Å²) in [5.74, 6) is 1.45. The first-order valence-electron chi connectivity index (χ1n) is 9.71. The summed E-state index contributed by atoms with van der Waals surface area (Å²) in [5, 5.41) is 0. The Morgan fingerprint density at radius 2 is 1.60 bits per heavy atom. The molecule has 3 rings (SSSR count). The first-order valence-corrected chi connectivity index (χ1v) is 9.71. The summed E-state index contributed by atoms with van der Waals surface area (Å²) in [6.45, 7) is 3.61. The average molecular weight is 450 g/mol. The lowest BCUT2D eigenvalue weighted by molar-refractivity contribution is -0.131. The molecule has 1 aromatic heterocycles. The first-order chi connectivity index (χ1) is 13.7. The summed E-state index contributed by atoms with van der Waals surface area (Å²) in [4.78, 5) is 19.0. The van der Waals surface area contributed by atoms with Crippen molar-refractivity contribution in [2.24, 2.45) is 5.73 Å². The van der Waals surface area contributed by atoms with Gasteiger partial charge in [-0.3, -0.25) is 4.79 Å². The number of hydrogen-bond acceptors (Lipinski definition) is 4. The van der Waals surface area contributed by atoms with Crippen molar-refractivity contribution < 1.29 is 9.21 Å². The fourth-order valence-corrected chi connectivity index (χ4v) is 3.21. The van der Waals surface area contributed by atoms with Gasteiger partial charge in [0.2, 0.25) is 5.91 Å². The molecule has 162 valence electrons. The van der Waals surface area contributed by atoms with Crippen LogP contribution >= 0.6 is 24.8 Å². The highest BCUT2D eigenvalue weighted by atomic mass is 35.5. The molecule has 0 aliphatic heterocycles. The number of aryl methyl sites for hydroxylation is 2. The highest BCUT2D eigenvalue weighted by molar-refractivity contribution is 5.85. The second kappa shape index (κ2) is 13.1. The van der Waals surface area contributed by atoms with Crippen LogP contribution in [0.5, 0.6) is 0 Å². The molecular formula is C23H29Cl2N3O2. The van der Waals surface area contributed by atoms with E-state index in [1.54, 1.807) is 0 Å². The van der Waals surface area contributed by atoms with Gasteiger partial charge in [-0.2, -0.15) is 0 Å². The predicted octanol–water partition coefficient (Wildman–Crippen LogP) is 4.46. The van der Waals surface area contributed by atoms with Crippen LogP contribution in [0.25, 0.3) is 11.3 Å². The Hall–Kier alpha value is -2.34. The van der Waals surface area contributed by atoms with Crippen molar-refractivity contribution >= 4 is 30.7 Å². The Morgan fingerprint density at radius 3 is 2.23 bits per heavy atom. The van der Waals surface area contributed by atoms with Gasteiger partial charge in [0.25, 0.3) is 0 Å². The number of carbonyl (C=O) groups excluding carboxylic acids is 1. The van der Waals surface area contributed by atoms with Crippen molar-refractivity contribution in [1.29, 1.82) is 0 Å². The third-order valence-corrected chi connectivity index (χ3v) is 4.69. The smallest absolute Gasteiger partial charge is 0.223 e. The van der Waals surface area contributed by atoms with Crippen molar-refractivity contribution in [3.8, 4) is 11.3 Å². The van der Waals surface area contributed by atoms with E-state index in [2.05, 4.69) is 17.1 Å². The molecule has 2 aromatic carbocycles. The van der Waals surface area contributed by atoms with Crippen LogP contribution in [0.2, 0.25) is 0 Å². The molecule has 0 unspecified atom stereocenters. The van der Waals surface area contributed by atoms with Gasteiger partial charge in [-0.15, -0.1) is 24.8 Å². The number of amides is 1. The Kier molecular flexibility index (Phi) is 11.2. The molecule has 0 aliphatic carbocycles. The zero-order valence-corrected chi connectivity index (χ0v) is 18.8. The zero-order chi connectivity index (χ0) is 19.8. The summed E-state index contributed by atoms with van der Waals surface area (Å²) in [6, 6.07) is 20.1. The minimum absolute atomic E-state index is 0. The molecule has 5 nitrogen and oxygen atoms in total. The van der Waals surface area contributed by atoms with Crippen molar-refractivity contribution in [1.82, 2.24) is 9.88 Å². The van der Waals surface area contributed by atoms with E-state index in [4.69, 9.17) is 10.2 Å². The number of halogens is 2. The number of benzene rings is 2. The molecular weight excluding hydrogens is 421 g/mol. The number of rotatable bonds is 9. The zero-order valence-electron chi connectivity index (χ0n) is 17.1. The van der Waals surface area contributed by atoms with E-state index in [9.17, 15) is 4.79 Å². The first kappa shape index (κ1) is 25.7. The van der Waals surface area contributed by atoms with Gasteiger partial charge in [0, 0.05) is 38.0 Å². The Balaban J connectivity index is 0.00000225. The van der Waals surface area contributed by atoms with Crippen LogP contribution < -0.4 is 5.73 Å². The van der Waals surface area contributed by atoms with Crippen LogP contribution in [-0.2, 0) is 17.6 Å². The largest absolute Gasteiger partial charge is 0.440 e. The van der Waals surface area contributed by atoms with Gasteiger partial charge in [0.05, 0.1) is 5.69 Å². The molecule has 0 aliphatic rings. The topological polar surface area (TPSA) is 72.4 Å². The number of hydrogen-bond donors (Lipinski definition) is 1. The van der Waals surface area contributed by atoms with Gasteiger partial charge in [-0.25, -0.2) is 4.98 Å². The van der Waals surface area contributed by atoms with Crippen LogP contribution in [0.1, 0.15) is 23.6 Å². The number of carbonyl (C=O) groups is 1. The summed E-state index contributed by atoms with van der Waals surface area (Å²) in [5.41, 5.74) is 8.76. The van der Waals surface area contributed by atoms with Crippen LogP contribution in [0.15, 0.2) is 65.1 Å². The van der Waals surface area contributed by atoms with Gasteiger partial charge in [0.1, 0.15) is 0 Å². The second-order valence-electron chi connectivity index (χ2n) is 6.79. The Morgan fingerprint density at radius 1 is 0.967 bits per heavy atom. The maximum atomic E-state index is 12.7. The van der Waals surface area contributed by atoms with Crippen LogP contribution in [0.4, 0.5) is 0 Å². The minimum atomic E-state index is 0. The van der Waals surface area contributed by atoms with Crippen molar-refractivity contribution in [3.05, 3.63) is 77.8 Å². The molecule has 1 amide bonds. The Labute approximate surface area is 190 Å². The molecule has 0 atom stereocenters. The van der Waals surface area contributed by atoms with E-state index < -0.39 is 0 Å². The molecule has 0 radical (unpaired) electrons. The quantitative estimate of drug-likeness (QED) is 0.523. The summed E-state index contributed by atoms with van der Waals surface area (Å²) in [7, 11) is 0. The van der Waals surface area contributed by atoms with E-state index in [1.807, 2.05) is 60.4 Å². The molecule has 0 bridgehead atoms. The molecule has 1 heterocycles. The second-order valence-corrected chi connectivity index (χ2v) is 6.79.